The zero-order valence-electron chi connectivity index (χ0n) is 14.9. The van der Waals surface area contributed by atoms with Gasteiger partial charge in [-0.3, -0.25) is 9.59 Å². The number of carbonyl (C=O) groups is 2. The van der Waals surface area contributed by atoms with Crippen LogP contribution in [0.15, 0.2) is 62.5 Å². The van der Waals surface area contributed by atoms with Crippen molar-refractivity contribution in [3.63, 3.8) is 0 Å². The number of hydrogen-bond donors (Lipinski definition) is 0. The Morgan fingerprint density at radius 1 is 1.00 bits per heavy atom. The van der Waals surface area contributed by atoms with E-state index in [2.05, 4.69) is 33.2 Å². The molecule has 0 radical (unpaired) electrons. The third-order valence-corrected chi connectivity index (χ3v) is 7.41. The Balaban J connectivity index is 1.24. The van der Waals surface area contributed by atoms with Crippen LogP contribution in [0.3, 0.4) is 0 Å². The molecule has 2 heterocycles. The molecule has 1 spiro atoms. The zero-order chi connectivity index (χ0) is 19.0. The van der Waals surface area contributed by atoms with Gasteiger partial charge in [0.05, 0.1) is 18.1 Å². The predicted molar refractivity (Wildman–Crippen MR) is 106 cm³/mol. The van der Waals surface area contributed by atoms with Crippen molar-refractivity contribution in [2.24, 2.45) is 34.2 Å². The standard InChI is InChI=1S/C22H17BrN2O3/c23-13-3-1-12(2-4-13)17-8-5-14(28-17)11-24-25-20(26)18-15-6-7-16(19(18)21(25)27)22(15)9-10-22/h1-8,11,15-16,18-19H,9-10H2/b24-11-/t15-,16-,18+,19+/m1/s1. The number of fused-ring (bicyclic) bond motifs is 3. The number of hydrazone groups is 1. The smallest absolute Gasteiger partial charge is 0.254 e. The van der Waals surface area contributed by atoms with Crippen LogP contribution >= 0.6 is 15.9 Å². The van der Waals surface area contributed by atoms with E-state index in [0.29, 0.717) is 11.5 Å². The van der Waals surface area contributed by atoms with Crippen LogP contribution in [0.5, 0.6) is 0 Å². The van der Waals surface area contributed by atoms with Crippen molar-refractivity contribution >= 4 is 34.0 Å². The topological polar surface area (TPSA) is 62.9 Å². The highest BCUT2D eigenvalue weighted by molar-refractivity contribution is 9.10. The quantitative estimate of drug-likeness (QED) is 0.410. The van der Waals surface area contributed by atoms with Gasteiger partial charge in [0.1, 0.15) is 11.5 Å². The van der Waals surface area contributed by atoms with Gasteiger partial charge in [0, 0.05) is 10.0 Å². The first kappa shape index (κ1) is 16.5. The Morgan fingerprint density at radius 3 is 2.25 bits per heavy atom. The van der Waals surface area contributed by atoms with Gasteiger partial charge in [0.25, 0.3) is 11.8 Å². The van der Waals surface area contributed by atoms with Crippen LogP contribution in [0.4, 0.5) is 0 Å². The fourth-order valence-electron chi connectivity index (χ4n) is 5.48. The number of nitrogens with zero attached hydrogens (tertiary/aromatic N) is 2. The summed E-state index contributed by atoms with van der Waals surface area (Å²) in [6, 6.07) is 11.4. The molecule has 0 unspecified atom stereocenters. The van der Waals surface area contributed by atoms with Gasteiger partial charge in [-0.2, -0.15) is 10.1 Å². The maximum atomic E-state index is 12.9. The van der Waals surface area contributed by atoms with Gasteiger partial charge in [-0.05, 0) is 54.4 Å². The number of halogens is 1. The second-order valence-corrected chi connectivity index (χ2v) is 9.08. The zero-order valence-corrected chi connectivity index (χ0v) is 16.5. The average molecular weight is 437 g/mol. The fourth-order valence-corrected chi connectivity index (χ4v) is 5.75. The highest BCUT2D eigenvalue weighted by Crippen LogP contribution is 2.73. The Hall–Kier alpha value is -2.47. The van der Waals surface area contributed by atoms with Crippen LogP contribution in [0.2, 0.25) is 0 Å². The normalized spacial score (nSPS) is 31.5. The second-order valence-electron chi connectivity index (χ2n) is 8.16. The molecule has 1 aliphatic heterocycles. The lowest BCUT2D eigenvalue weighted by molar-refractivity contribution is -0.141. The summed E-state index contributed by atoms with van der Waals surface area (Å²) in [4.78, 5) is 25.8. The lowest BCUT2D eigenvalue weighted by Crippen LogP contribution is -2.30. The highest BCUT2D eigenvalue weighted by Gasteiger charge is 2.73. The number of benzene rings is 1. The van der Waals surface area contributed by atoms with E-state index in [9.17, 15) is 9.59 Å². The number of hydrogen-bond acceptors (Lipinski definition) is 4. The molecule has 3 aliphatic carbocycles. The molecule has 2 saturated carbocycles. The first-order valence-corrected chi connectivity index (χ1v) is 10.3. The molecule has 6 heteroatoms. The fraction of sp³-hybridized carbons (Fsp3) is 0.318. The molecular weight excluding hydrogens is 420 g/mol. The number of allylic oxidation sites excluding steroid dienone is 2. The molecule has 2 amide bonds. The molecule has 5 nitrogen and oxygen atoms in total. The monoisotopic (exact) mass is 436 g/mol. The molecule has 0 N–H and O–H groups in total. The summed E-state index contributed by atoms with van der Waals surface area (Å²) in [5.41, 5.74) is 1.15. The van der Waals surface area contributed by atoms with Crippen LogP contribution in [0.1, 0.15) is 18.6 Å². The van der Waals surface area contributed by atoms with Crippen molar-refractivity contribution in [2.45, 2.75) is 12.8 Å². The summed E-state index contributed by atoms with van der Waals surface area (Å²) >= 11 is 3.42. The lowest BCUT2D eigenvalue weighted by atomic mass is 9.85. The van der Waals surface area contributed by atoms with Crippen molar-refractivity contribution in [3.05, 3.63) is 58.8 Å². The first-order valence-electron chi connectivity index (χ1n) is 9.54. The number of rotatable bonds is 3. The van der Waals surface area contributed by atoms with Crippen LogP contribution in [-0.4, -0.2) is 23.0 Å². The molecule has 6 rings (SSSR count). The maximum Gasteiger partial charge on any atom is 0.254 e. The van der Waals surface area contributed by atoms with E-state index in [1.807, 2.05) is 30.3 Å². The maximum absolute atomic E-state index is 12.9. The van der Waals surface area contributed by atoms with Crippen molar-refractivity contribution in [1.29, 1.82) is 0 Å². The van der Waals surface area contributed by atoms with E-state index in [0.717, 1.165) is 27.9 Å². The van der Waals surface area contributed by atoms with E-state index in [1.54, 1.807) is 6.07 Å². The Morgan fingerprint density at radius 2 is 1.64 bits per heavy atom. The van der Waals surface area contributed by atoms with Gasteiger partial charge in [0.2, 0.25) is 0 Å². The van der Waals surface area contributed by atoms with E-state index >= 15 is 0 Å². The van der Waals surface area contributed by atoms with E-state index in [4.69, 9.17) is 4.42 Å². The molecule has 1 aromatic carbocycles. The number of carbonyl (C=O) groups excluding carboxylic acids is 2. The second kappa shape index (κ2) is 5.54. The van der Waals surface area contributed by atoms with Crippen LogP contribution in [-0.2, 0) is 9.59 Å². The van der Waals surface area contributed by atoms with E-state index < -0.39 is 0 Å². The third kappa shape index (κ3) is 2.09. The van der Waals surface area contributed by atoms with Crippen LogP contribution in [0.25, 0.3) is 11.3 Å². The minimum Gasteiger partial charge on any atom is -0.455 e. The molecular formula is C22H17BrN2O3. The summed E-state index contributed by atoms with van der Waals surface area (Å²) in [6.07, 6.45) is 8.05. The minimum atomic E-state index is -0.225. The average Bonchev–Trinajstić information content (AvgIpc) is 2.97. The van der Waals surface area contributed by atoms with E-state index in [-0.39, 0.29) is 40.9 Å². The predicted octanol–water partition coefficient (Wildman–Crippen LogP) is 4.24. The summed E-state index contributed by atoms with van der Waals surface area (Å²) in [7, 11) is 0. The Labute approximate surface area is 170 Å². The summed E-state index contributed by atoms with van der Waals surface area (Å²) in [5, 5.41) is 5.27. The lowest BCUT2D eigenvalue weighted by Gasteiger charge is -2.18. The van der Waals surface area contributed by atoms with Crippen LogP contribution in [0, 0.1) is 29.1 Å². The molecule has 28 heavy (non-hydrogen) atoms. The SMILES string of the molecule is O=C1[C@@H]2[C@@H](C(=O)N1/N=C\c1ccc(-c3ccc(Br)cc3)o1)[C@H]1C=C[C@H]2C12CC2. The highest BCUT2D eigenvalue weighted by atomic mass is 79.9. The van der Waals surface area contributed by atoms with Crippen molar-refractivity contribution in [3.8, 4) is 11.3 Å². The minimum absolute atomic E-state index is 0.158. The summed E-state index contributed by atoms with van der Waals surface area (Å²) in [6.45, 7) is 0. The summed E-state index contributed by atoms with van der Waals surface area (Å²) in [5.74, 6) is 0.883. The number of furan rings is 1. The van der Waals surface area contributed by atoms with Gasteiger partial charge in [-0.25, -0.2) is 0 Å². The first-order chi connectivity index (χ1) is 13.6. The number of amides is 2. The van der Waals surface area contributed by atoms with Gasteiger partial charge in [0.15, 0.2) is 0 Å². The largest absolute Gasteiger partial charge is 0.455 e. The third-order valence-electron chi connectivity index (χ3n) is 6.89. The molecule has 2 aromatic rings. The molecule has 140 valence electrons. The molecule has 4 aliphatic rings. The van der Waals surface area contributed by atoms with Gasteiger partial charge in [-0.1, -0.05) is 40.2 Å². The molecule has 3 fully saturated rings. The Bertz CT molecular complexity index is 1030. The van der Waals surface area contributed by atoms with E-state index in [1.165, 1.54) is 6.21 Å². The Kier molecular flexibility index (Phi) is 3.26. The van der Waals surface area contributed by atoms with Gasteiger partial charge >= 0.3 is 0 Å². The molecule has 2 bridgehead atoms. The molecule has 1 aromatic heterocycles. The van der Waals surface area contributed by atoms with Crippen LogP contribution < -0.4 is 0 Å². The van der Waals surface area contributed by atoms with Crippen molar-refractivity contribution < 1.29 is 14.0 Å². The van der Waals surface area contributed by atoms with Gasteiger partial charge in [-0.15, -0.1) is 0 Å². The van der Waals surface area contributed by atoms with Crippen molar-refractivity contribution in [2.75, 3.05) is 0 Å². The number of imide groups is 1. The molecule has 1 saturated heterocycles. The summed E-state index contributed by atoms with van der Waals surface area (Å²) < 4.78 is 6.80. The molecule has 4 atom stereocenters. The van der Waals surface area contributed by atoms with Crippen molar-refractivity contribution in [1.82, 2.24) is 5.01 Å². The van der Waals surface area contributed by atoms with Gasteiger partial charge < -0.3 is 4.42 Å².